The SMILES string of the molecule is CC1=CN(C)B(c2ccc(C)c[n+]2C)c2oc3ccccc3c21.CN1C=Cc2c(oc3ccccc23)B1c1cccc[n+]1C.Cc1cc(B2c3oc4ccccc4c3C=CN2C)[n+](C)cc1C.Cc1cc[n+](C)c(B2c3oc4ccccc4c3C=CN2C)c1.Cc1ccc(B2c3oc4ccccc4c3C=CN2C)[n+](C)c1. The summed E-state index contributed by atoms with van der Waals surface area (Å²) in [7, 11) is 21.0. The summed E-state index contributed by atoms with van der Waals surface area (Å²) in [6.07, 6.45) is 30.0. The zero-order valence-corrected chi connectivity index (χ0v) is 66.3. The first-order valence-corrected chi connectivity index (χ1v) is 38.1. The van der Waals surface area contributed by atoms with E-state index in [1.807, 2.05) is 66.7 Å². The van der Waals surface area contributed by atoms with Crippen molar-refractivity contribution in [2.75, 3.05) is 35.2 Å². The van der Waals surface area contributed by atoms with Crippen LogP contribution in [0.4, 0.5) is 0 Å². The molecule has 0 amide bonds. The van der Waals surface area contributed by atoms with Gasteiger partial charge in [0.1, 0.15) is 91.5 Å². The number of fused-ring (bicyclic) bond motifs is 15. The van der Waals surface area contributed by atoms with Gasteiger partial charge in [0.15, 0.2) is 59.0 Å². The van der Waals surface area contributed by atoms with Gasteiger partial charge in [0.05, 0.1) is 0 Å². The monoisotopic (exact) mass is 1460 g/mol. The van der Waals surface area contributed by atoms with Crippen LogP contribution in [-0.2, 0) is 35.2 Å². The first kappa shape index (κ1) is 72.8. The second kappa shape index (κ2) is 29.9. The molecule has 5 aromatic carbocycles. The number of allylic oxidation sites excluding steroid dienone is 1. The standard InChI is InChI=1S/2C19H20BN2O.2C18H18BN2O.C17H16BN2O/c1-13-11-18(21(3)12-14(13)2)20-19-16(9-10-22(20)4)15-7-5-6-8-17(15)23-19;1-13-9-10-17(21(3)11-13)20-19-18(14(2)12-22(20)4)15-7-5-6-8-16(15)23-19;1-13-8-10-20(2)17(12-13)19-18-15(9-11-21(19)3)14-6-4-5-7-16(14)22-18;1-13-8-9-17(20(2)12-13)19-18-15(10-11-21(19)3)14-6-4-5-7-16(14)22-18;1-19-11-6-5-9-16(19)18-17-14(10-12-20(18)2)13-7-3-4-8-15(13)21-17/h2*5-12H,1-4H3;2*4-12H,1-3H3;3-12H,1-2H3/q5*+1. The number of nitrogens with zero attached hydrogens (tertiary/aromatic N) is 10. The molecule has 0 unspecified atom stereocenters. The van der Waals surface area contributed by atoms with Gasteiger partial charge in [-0.25, -0.2) is 22.8 Å². The minimum Gasteiger partial charge on any atom is -0.467 e. The van der Waals surface area contributed by atoms with Crippen LogP contribution in [0.3, 0.4) is 0 Å². The molecule has 15 heterocycles. The van der Waals surface area contributed by atoms with E-state index in [-0.39, 0.29) is 34.2 Å². The highest BCUT2D eigenvalue weighted by molar-refractivity contribution is 6.84. The first-order valence-electron chi connectivity index (χ1n) is 38.1. The number of aryl methyl sites for hydroxylation is 10. The van der Waals surface area contributed by atoms with Crippen LogP contribution < -0.4 is 79.1 Å². The number of pyridine rings is 5. The van der Waals surface area contributed by atoms with Gasteiger partial charge in [-0.2, -0.15) is 0 Å². The number of furan rings is 5. The van der Waals surface area contributed by atoms with Crippen molar-refractivity contribution in [2.45, 2.75) is 41.5 Å². The van der Waals surface area contributed by atoms with Gasteiger partial charge in [0.25, 0.3) is 0 Å². The molecule has 0 aliphatic carbocycles. The maximum Gasteiger partial charge on any atom is 0.443 e. The van der Waals surface area contributed by atoms with E-state index in [1.165, 1.54) is 116 Å². The van der Waals surface area contributed by atoms with Crippen LogP contribution >= 0.6 is 0 Å². The van der Waals surface area contributed by atoms with E-state index in [0.29, 0.717) is 0 Å². The number of benzene rings is 5. The average molecular weight is 1460 g/mol. The molecule has 0 bridgehead atoms. The van der Waals surface area contributed by atoms with Gasteiger partial charge in [-0.3, -0.25) is 0 Å². The molecule has 15 nitrogen and oxygen atoms in total. The quantitative estimate of drug-likeness (QED) is 0.124. The molecule has 0 spiro atoms. The van der Waals surface area contributed by atoms with E-state index < -0.39 is 0 Å². The predicted molar refractivity (Wildman–Crippen MR) is 457 cm³/mol. The summed E-state index contributed by atoms with van der Waals surface area (Å²) in [5, 5.41) is 5.93. The van der Waals surface area contributed by atoms with Gasteiger partial charge in [-0.05, 0) is 209 Å². The highest BCUT2D eigenvalue weighted by atomic mass is 16.3. The molecule has 5 aliphatic rings. The van der Waals surface area contributed by atoms with E-state index in [0.717, 1.165) is 56.2 Å². The molecule has 20 heteroatoms. The van der Waals surface area contributed by atoms with Crippen molar-refractivity contribution >= 4 is 175 Å². The van der Waals surface area contributed by atoms with E-state index in [2.05, 4.69) is 360 Å². The van der Waals surface area contributed by atoms with Crippen molar-refractivity contribution in [1.29, 1.82) is 0 Å². The molecule has 0 fully saturated rings. The molecule has 111 heavy (non-hydrogen) atoms. The van der Waals surface area contributed by atoms with Crippen LogP contribution in [0.1, 0.15) is 62.6 Å². The summed E-state index contributed by atoms with van der Waals surface area (Å²) < 4.78 is 42.0. The molecule has 5 aliphatic heterocycles. The summed E-state index contributed by atoms with van der Waals surface area (Å²) in [5.41, 5.74) is 29.6. The molecule has 20 rings (SSSR count). The zero-order valence-electron chi connectivity index (χ0n) is 66.3. The maximum atomic E-state index is 6.29. The molecule has 15 aromatic rings. The van der Waals surface area contributed by atoms with Crippen molar-refractivity contribution in [1.82, 2.24) is 24.1 Å². The van der Waals surface area contributed by atoms with Crippen LogP contribution in [0, 0.1) is 34.6 Å². The lowest BCUT2D eigenvalue weighted by Crippen LogP contribution is -2.65. The van der Waals surface area contributed by atoms with E-state index >= 15 is 0 Å². The lowest BCUT2D eigenvalue weighted by atomic mass is 9.52. The van der Waals surface area contributed by atoms with Gasteiger partial charge in [0.2, 0.25) is 0 Å². The molecule has 0 saturated carbocycles. The van der Waals surface area contributed by atoms with Crippen molar-refractivity contribution in [3.05, 3.63) is 300 Å². The number of rotatable bonds is 5. The van der Waals surface area contributed by atoms with Crippen LogP contribution in [0.25, 0.3) is 84.7 Å². The zero-order chi connectivity index (χ0) is 77.2. The number of hydrogen-bond donors (Lipinski definition) is 0. The van der Waals surface area contributed by atoms with Crippen molar-refractivity contribution in [3.8, 4) is 0 Å². The van der Waals surface area contributed by atoms with Crippen LogP contribution in [0.15, 0.2) is 266 Å². The molecule has 546 valence electrons. The summed E-state index contributed by atoms with van der Waals surface area (Å²) >= 11 is 0. The highest BCUT2D eigenvalue weighted by Crippen LogP contribution is 2.31. The Kier molecular flexibility index (Phi) is 19.6. The Morgan fingerprint density at radius 3 is 1.03 bits per heavy atom. The molecule has 10 aromatic heterocycles. The van der Waals surface area contributed by atoms with Gasteiger partial charge in [0, 0.05) is 95.7 Å². The Labute approximate surface area is 652 Å². The van der Waals surface area contributed by atoms with Crippen molar-refractivity contribution in [3.63, 3.8) is 0 Å². The van der Waals surface area contributed by atoms with E-state index in [4.69, 9.17) is 22.1 Å². The lowest BCUT2D eigenvalue weighted by molar-refractivity contribution is -0.654. The molecule has 0 atom stereocenters. The Bertz CT molecular complexity index is 6280. The Morgan fingerprint density at radius 2 is 0.613 bits per heavy atom. The van der Waals surface area contributed by atoms with Crippen LogP contribution in [0.2, 0.25) is 0 Å². The van der Waals surface area contributed by atoms with Crippen LogP contribution in [-0.4, -0.2) is 93.5 Å². The highest BCUT2D eigenvalue weighted by Gasteiger charge is 2.45. The Hall–Kier alpha value is -12.4. The van der Waals surface area contributed by atoms with Gasteiger partial charge < -0.3 is 46.1 Å². The fourth-order valence-corrected chi connectivity index (χ4v) is 16.7. The third-order valence-corrected chi connectivity index (χ3v) is 22.5. The predicted octanol–water partition coefficient (Wildman–Crippen LogP) is 8.33. The number of hydrogen-bond acceptors (Lipinski definition) is 10. The van der Waals surface area contributed by atoms with Crippen LogP contribution in [0.5, 0.6) is 0 Å². The Morgan fingerprint density at radius 1 is 0.279 bits per heavy atom. The number of aromatic nitrogens is 5. The normalized spacial score (nSPS) is 13.9. The largest absolute Gasteiger partial charge is 0.467 e. The van der Waals surface area contributed by atoms with Gasteiger partial charge in [-0.1, -0.05) is 97.1 Å². The lowest BCUT2D eigenvalue weighted by Gasteiger charge is -2.26. The summed E-state index contributed by atoms with van der Waals surface area (Å²) in [6, 6.07) is 62.9. The van der Waals surface area contributed by atoms with Gasteiger partial charge in [-0.15, -0.1) is 0 Å². The molecular weight excluding hydrogens is 1370 g/mol. The smallest absolute Gasteiger partial charge is 0.443 e. The summed E-state index contributed by atoms with van der Waals surface area (Å²) in [5.74, 6) is 0. The fraction of sp³-hybridized carbons (Fsp3) is 0.176. The molecule has 0 radical (unpaired) electrons. The van der Waals surface area contributed by atoms with Gasteiger partial charge >= 0.3 is 34.2 Å². The Balaban J connectivity index is 0.000000105. The third-order valence-electron chi connectivity index (χ3n) is 22.5. The second-order valence-electron chi connectivity index (χ2n) is 30.4. The maximum absolute atomic E-state index is 6.29. The first-order chi connectivity index (χ1) is 53.7. The minimum atomic E-state index is 0.0895. The summed E-state index contributed by atoms with van der Waals surface area (Å²) in [4.78, 5) is 11.1. The second-order valence-corrected chi connectivity index (χ2v) is 30.4. The summed E-state index contributed by atoms with van der Waals surface area (Å²) in [6.45, 7) is 13.3. The number of para-hydroxylation sites is 5. The molecular formula is C91H92B5N10O5+5. The average Bonchev–Trinajstić information content (AvgIpc) is 1.65. The minimum absolute atomic E-state index is 0.0895. The fourth-order valence-electron chi connectivity index (χ4n) is 16.7. The topological polar surface area (TPSA) is 101 Å². The van der Waals surface area contributed by atoms with E-state index in [9.17, 15) is 0 Å². The van der Waals surface area contributed by atoms with Crippen molar-refractivity contribution in [2.24, 2.45) is 35.2 Å². The van der Waals surface area contributed by atoms with Crippen molar-refractivity contribution < 1.29 is 44.9 Å². The third kappa shape index (κ3) is 13.5. The molecule has 0 N–H and O–H groups in total. The molecule has 0 saturated heterocycles. The van der Waals surface area contributed by atoms with E-state index in [1.54, 1.807) is 0 Å².